The van der Waals surface area contributed by atoms with Crippen molar-refractivity contribution in [2.45, 2.75) is 26.5 Å². The molecule has 0 bridgehead atoms. The standard InChI is InChI=1S/C18H19F2N3O6/c1-3-8-23-14(21)13(15(25)22(2)18(23)27)11(24)9-28-16(26)10-6-4-5-7-12(10)29-17(19)20/h4-7,17H,3,8-9,21H2,1-2H3. The molecule has 1 aromatic carbocycles. The Labute approximate surface area is 163 Å². The van der Waals surface area contributed by atoms with Crippen LogP contribution in [0.1, 0.15) is 34.1 Å². The fourth-order valence-electron chi connectivity index (χ4n) is 2.60. The molecule has 1 aromatic heterocycles. The van der Waals surface area contributed by atoms with E-state index in [4.69, 9.17) is 10.5 Å². The lowest BCUT2D eigenvalue weighted by atomic mass is 10.2. The van der Waals surface area contributed by atoms with Crippen LogP contribution in [-0.4, -0.2) is 34.1 Å². The molecular formula is C18H19F2N3O6. The van der Waals surface area contributed by atoms with Gasteiger partial charge in [0.15, 0.2) is 6.61 Å². The van der Waals surface area contributed by atoms with Gasteiger partial charge in [0.1, 0.15) is 22.7 Å². The van der Waals surface area contributed by atoms with E-state index in [1.165, 1.54) is 25.2 Å². The molecule has 0 atom stereocenters. The first-order valence-corrected chi connectivity index (χ1v) is 8.52. The van der Waals surface area contributed by atoms with E-state index in [0.717, 1.165) is 15.2 Å². The lowest BCUT2D eigenvalue weighted by molar-refractivity contribution is -0.0504. The summed E-state index contributed by atoms with van der Waals surface area (Å²) in [4.78, 5) is 49.1. The van der Waals surface area contributed by atoms with E-state index in [9.17, 15) is 28.0 Å². The van der Waals surface area contributed by atoms with Crippen molar-refractivity contribution in [2.75, 3.05) is 12.3 Å². The van der Waals surface area contributed by atoms with Crippen molar-refractivity contribution in [1.29, 1.82) is 0 Å². The van der Waals surface area contributed by atoms with Gasteiger partial charge in [-0.05, 0) is 18.6 Å². The number of nitrogens with zero attached hydrogens (tertiary/aromatic N) is 2. The Morgan fingerprint density at radius 3 is 2.48 bits per heavy atom. The first-order valence-electron chi connectivity index (χ1n) is 8.52. The van der Waals surface area contributed by atoms with Crippen molar-refractivity contribution in [3.05, 3.63) is 56.2 Å². The second kappa shape index (κ2) is 9.13. The van der Waals surface area contributed by atoms with Gasteiger partial charge in [0.05, 0.1) is 0 Å². The molecular weight excluding hydrogens is 392 g/mol. The zero-order valence-corrected chi connectivity index (χ0v) is 15.7. The van der Waals surface area contributed by atoms with Gasteiger partial charge in [-0.15, -0.1) is 0 Å². The Kier molecular flexibility index (Phi) is 6.86. The lowest BCUT2D eigenvalue weighted by Gasteiger charge is -2.14. The zero-order chi connectivity index (χ0) is 21.7. The molecule has 2 N–H and O–H groups in total. The number of anilines is 1. The second-order valence-electron chi connectivity index (χ2n) is 5.93. The fourth-order valence-corrected chi connectivity index (χ4v) is 2.60. The van der Waals surface area contributed by atoms with E-state index < -0.39 is 47.5 Å². The highest BCUT2D eigenvalue weighted by Gasteiger charge is 2.23. The van der Waals surface area contributed by atoms with Crippen molar-refractivity contribution in [1.82, 2.24) is 9.13 Å². The average molecular weight is 411 g/mol. The summed E-state index contributed by atoms with van der Waals surface area (Å²) >= 11 is 0. The van der Waals surface area contributed by atoms with Crippen molar-refractivity contribution in [3.8, 4) is 5.75 Å². The average Bonchev–Trinajstić information content (AvgIpc) is 2.68. The molecule has 0 saturated carbocycles. The van der Waals surface area contributed by atoms with Crippen LogP contribution >= 0.6 is 0 Å². The summed E-state index contributed by atoms with van der Waals surface area (Å²) < 4.78 is 35.8. The van der Waals surface area contributed by atoms with Crippen LogP contribution in [-0.2, 0) is 18.3 Å². The number of carbonyl (C=O) groups is 2. The van der Waals surface area contributed by atoms with Crippen molar-refractivity contribution in [3.63, 3.8) is 0 Å². The van der Waals surface area contributed by atoms with Gasteiger partial charge in [-0.2, -0.15) is 8.78 Å². The number of para-hydroxylation sites is 1. The van der Waals surface area contributed by atoms with Crippen LogP contribution in [0, 0.1) is 0 Å². The zero-order valence-electron chi connectivity index (χ0n) is 15.7. The van der Waals surface area contributed by atoms with Gasteiger partial charge in [0.2, 0.25) is 5.78 Å². The highest BCUT2D eigenvalue weighted by Crippen LogP contribution is 2.21. The number of esters is 1. The van der Waals surface area contributed by atoms with Gasteiger partial charge < -0.3 is 15.2 Å². The number of rotatable bonds is 8. The van der Waals surface area contributed by atoms with Crippen molar-refractivity contribution in [2.24, 2.45) is 7.05 Å². The summed E-state index contributed by atoms with van der Waals surface area (Å²) in [5.41, 5.74) is 3.40. The minimum absolute atomic E-state index is 0.178. The molecule has 1 heterocycles. The van der Waals surface area contributed by atoms with E-state index in [-0.39, 0.29) is 17.9 Å². The number of nitrogen functional groups attached to an aromatic ring is 1. The highest BCUT2D eigenvalue weighted by molar-refractivity contribution is 6.02. The molecule has 9 nitrogen and oxygen atoms in total. The van der Waals surface area contributed by atoms with Crippen LogP contribution < -0.4 is 21.7 Å². The fraction of sp³-hybridized carbons (Fsp3) is 0.333. The molecule has 0 radical (unpaired) electrons. The van der Waals surface area contributed by atoms with Crippen LogP contribution in [0.25, 0.3) is 0 Å². The van der Waals surface area contributed by atoms with Crippen molar-refractivity contribution < 1.29 is 27.8 Å². The molecule has 0 aliphatic carbocycles. The summed E-state index contributed by atoms with van der Waals surface area (Å²) in [5.74, 6) is -2.80. The van der Waals surface area contributed by atoms with Crippen LogP contribution in [0.15, 0.2) is 33.9 Å². The van der Waals surface area contributed by atoms with Crippen LogP contribution in [0.5, 0.6) is 5.75 Å². The smallest absolute Gasteiger partial charge is 0.387 e. The third-order valence-corrected chi connectivity index (χ3v) is 3.97. The predicted octanol–water partition coefficient (Wildman–Crippen LogP) is 1.18. The number of aromatic nitrogens is 2. The Morgan fingerprint density at radius 1 is 1.21 bits per heavy atom. The molecule has 0 saturated heterocycles. The molecule has 0 amide bonds. The summed E-state index contributed by atoms with van der Waals surface area (Å²) in [7, 11) is 1.19. The maximum Gasteiger partial charge on any atom is 0.387 e. The number of Topliss-reactive ketones (excluding diaryl/α,β-unsaturated/α-hetero) is 1. The van der Waals surface area contributed by atoms with E-state index >= 15 is 0 Å². The SMILES string of the molecule is CCCn1c(N)c(C(=O)COC(=O)c2ccccc2OC(F)F)c(=O)n(C)c1=O. The van der Waals surface area contributed by atoms with E-state index in [0.29, 0.717) is 6.42 Å². The summed E-state index contributed by atoms with van der Waals surface area (Å²) in [5, 5.41) is 0. The topological polar surface area (TPSA) is 123 Å². The van der Waals surface area contributed by atoms with E-state index in [1.807, 2.05) is 0 Å². The number of nitrogens with two attached hydrogens (primary N) is 1. The number of halogens is 2. The summed E-state index contributed by atoms with van der Waals surface area (Å²) in [6.07, 6.45) is 0.520. The largest absolute Gasteiger partial charge is 0.454 e. The molecule has 0 aliphatic rings. The third-order valence-electron chi connectivity index (χ3n) is 3.97. The van der Waals surface area contributed by atoms with Crippen molar-refractivity contribution >= 4 is 17.6 Å². The quantitative estimate of drug-likeness (QED) is 0.511. The first kappa shape index (κ1) is 21.8. The third kappa shape index (κ3) is 4.68. The minimum Gasteiger partial charge on any atom is -0.454 e. The van der Waals surface area contributed by atoms with Gasteiger partial charge in [0.25, 0.3) is 5.56 Å². The first-order chi connectivity index (χ1) is 13.7. The molecule has 29 heavy (non-hydrogen) atoms. The maximum absolute atomic E-state index is 12.5. The van der Waals surface area contributed by atoms with Crippen LogP contribution in [0.3, 0.4) is 0 Å². The minimum atomic E-state index is -3.16. The number of alkyl halides is 2. The number of benzene rings is 1. The number of carbonyl (C=O) groups excluding carboxylic acids is 2. The van der Waals surface area contributed by atoms with Gasteiger partial charge >= 0.3 is 18.3 Å². The van der Waals surface area contributed by atoms with Crippen LogP contribution in [0.2, 0.25) is 0 Å². The molecule has 0 unspecified atom stereocenters. The normalized spacial score (nSPS) is 10.8. The van der Waals surface area contributed by atoms with Crippen LogP contribution in [0.4, 0.5) is 14.6 Å². The monoisotopic (exact) mass is 411 g/mol. The predicted molar refractivity (Wildman–Crippen MR) is 98.3 cm³/mol. The Morgan fingerprint density at radius 2 is 1.86 bits per heavy atom. The summed E-state index contributed by atoms with van der Waals surface area (Å²) in [6.45, 7) is -2.09. The molecule has 11 heteroatoms. The Balaban J connectivity index is 2.28. The molecule has 2 rings (SSSR count). The molecule has 0 fully saturated rings. The Bertz CT molecular complexity index is 1040. The highest BCUT2D eigenvalue weighted by atomic mass is 19.3. The lowest BCUT2D eigenvalue weighted by Crippen LogP contribution is -2.43. The van der Waals surface area contributed by atoms with E-state index in [1.54, 1.807) is 6.92 Å². The van der Waals surface area contributed by atoms with Gasteiger partial charge in [0, 0.05) is 13.6 Å². The number of hydrogen-bond acceptors (Lipinski definition) is 7. The molecule has 0 spiro atoms. The van der Waals surface area contributed by atoms with Gasteiger partial charge in [-0.25, -0.2) is 9.59 Å². The van der Waals surface area contributed by atoms with Gasteiger partial charge in [-0.1, -0.05) is 19.1 Å². The number of ether oxygens (including phenoxy) is 2. The van der Waals surface area contributed by atoms with Gasteiger partial charge in [-0.3, -0.25) is 18.7 Å². The maximum atomic E-state index is 12.5. The van der Waals surface area contributed by atoms with E-state index in [2.05, 4.69) is 4.74 Å². The number of hydrogen-bond donors (Lipinski definition) is 1. The second-order valence-corrected chi connectivity index (χ2v) is 5.93. The molecule has 2 aromatic rings. The number of ketones is 1. The molecule has 156 valence electrons. The summed E-state index contributed by atoms with van der Waals surface area (Å²) in [6, 6.07) is 5.09. The Hall–Kier alpha value is -3.50. The molecule has 0 aliphatic heterocycles.